The maximum atomic E-state index is 5.78. The van der Waals surface area contributed by atoms with Gasteiger partial charge in [0.25, 0.3) is 0 Å². The summed E-state index contributed by atoms with van der Waals surface area (Å²) in [6.07, 6.45) is 4.01. The smallest absolute Gasteiger partial charge is 0.230 e. The van der Waals surface area contributed by atoms with E-state index in [0.29, 0.717) is 5.95 Å². The zero-order valence-electron chi connectivity index (χ0n) is 11.6. The van der Waals surface area contributed by atoms with Gasteiger partial charge in [0.2, 0.25) is 11.9 Å². The van der Waals surface area contributed by atoms with Crippen molar-refractivity contribution in [1.82, 2.24) is 15.0 Å². The molecule has 1 aromatic rings. The van der Waals surface area contributed by atoms with Gasteiger partial charge in [0.15, 0.2) is 0 Å². The number of nitrogens with two attached hydrogens (primary N) is 1. The SMILES string of the molecule is CCN(CC1CCC1)c1nc(N)nc(C(C)C)n1. The molecule has 1 aromatic heterocycles. The second kappa shape index (κ2) is 5.50. The zero-order chi connectivity index (χ0) is 13.1. The van der Waals surface area contributed by atoms with Crippen molar-refractivity contribution in [2.75, 3.05) is 23.7 Å². The van der Waals surface area contributed by atoms with Crippen LogP contribution < -0.4 is 10.6 Å². The molecule has 2 rings (SSSR count). The van der Waals surface area contributed by atoms with E-state index in [1.54, 1.807) is 0 Å². The summed E-state index contributed by atoms with van der Waals surface area (Å²) in [6.45, 7) is 8.23. The summed E-state index contributed by atoms with van der Waals surface area (Å²) in [5, 5.41) is 0. The number of hydrogen-bond donors (Lipinski definition) is 1. The van der Waals surface area contributed by atoms with E-state index < -0.39 is 0 Å². The molecular weight excluding hydrogens is 226 g/mol. The monoisotopic (exact) mass is 249 g/mol. The third-order valence-corrected chi connectivity index (χ3v) is 3.54. The quantitative estimate of drug-likeness (QED) is 0.866. The van der Waals surface area contributed by atoms with Crippen LogP contribution in [0.4, 0.5) is 11.9 Å². The average Bonchev–Trinajstić information content (AvgIpc) is 2.27. The second-order valence-electron chi connectivity index (χ2n) is 5.34. The van der Waals surface area contributed by atoms with Crippen LogP contribution in [0.3, 0.4) is 0 Å². The zero-order valence-corrected chi connectivity index (χ0v) is 11.6. The van der Waals surface area contributed by atoms with E-state index >= 15 is 0 Å². The van der Waals surface area contributed by atoms with Crippen LogP contribution in [0.15, 0.2) is 0 Å². The first-order valence-corrected chi connectivity index (χ1v) is 6.86. The van der Waals surface area contributed by atoms with E-state index in [4.69, 9.17) is 5.73 Å². The standard InChI is InChI=1S/C13H23N5/c1-4-18(8-10-6-5-7-10)13-16-11(9(2)3)15-12(14)17-13/h9-10H,4-8H2,1-3H3,(H2,14,15,16,17). The highest BCUT2D eigenvalue weighted by molar-refractivity contribution is 5.35. The first-order valence-electron chi connectivity index (χ1n) is 6.86. The van der Waals surface area contributed by atoms with E-state index in [9.17, 15) is 0 Å². The third-order valence-electron chi connectivity index (χ3n) is 3.54. The summed E-state index contributed by atoms with van der Waals surface area (Å²) >= 11 is 0. The van der Waals surface area contributed by atoms with E-state index in [1.165, 1.54) is 19.3 Å². The average molecular weight is 249 g/mol. The molecule has 0 atom stereocenters. The van der Waals surface area contributed by atoms with Crippen LogP contribution in [-0.4, -0.2) is 28.0 Å². The minimum Gasteiger partial charge on any atom is -0.368 e. The third kappa shape index (κ3) is 2.89. The van der Waals surface area contributed by atoms with Gasteiger partial charge >= 0.3 is 0 Å². The summed E-state index contributed by atoms with van der Waals surface area (Å²) in [7, 11) is 0. The van der Waals surface area contributed by atoms with Crippen LogP contribution in [-0.2, 0) is 0 Å². The molecule has 1 heterocycles. The van der Waals surface area contributed by atoms with Crippen LogP contribution in [0.5, 0.6) is 0 Å². The summed E-state index contributed by atoms with van der Waals surface area (Å²) < 4.78 is 0. The highest BCUT2D eigenvalue weighted by Crippen LogP contribution is 2.28. The molecule has 1 aliphatic rings. The van der Waals surface area contributed by atoms with Gasteiger partial charge in [-0.2, -0.15) is 15.0 Å². The lowest BCUT2D eigenvalue weighted by Crippen LogP contribution is -2.34. The number of nitrogen functional groups attached to an aromatic ring is 1. The Morgan fingerprint density at radius 2 is 2.00 bits per heavy atom. The Bertz CT molecular complexity index is 400. The highest BCUT2D eigenvalue weighted by Gasteiger charge is 2.22. The Balaban J connectivity index is 2.17. The number of nitrogens with zero attached hydrogens (tertiary/aromatic N) is 4. The highest BCUT2D eigenvalue weighted by atomic mass is 15.3. The molecule has 0 amide bonds. The van der Waals surface area contributed by atoms with Crippen LogP contribution in [0.25, 0.3) is 0 Å². The lowest BCUT2D eigenvalue weighted by atomic mass is 9.85. The molecule has 1 aliphatic carbocycles. The topological polar surface area (TPSA) is 67.9 Å². The Hall–Kier alpha value is -1.39. The molecule has 100 valence electrons. The fraction of sp³-hybridized carbons (Fsp3) is 0.769. The molecule has 0 radical (unpaired) electrons. The first kappa shape index (κ1) is 13.1. The fourth-order valence-electron chi connectivity index (χ4n) is 2.14. The summed E-state index contributed by atoms with van der Waals surface area (Å²) in [4.78, 5) is 15.2. The number of aromatic nitrogens is 3. The molecule has 1 fully saturated rings. The Labute approximate surface area is 109 Å². The minimum absolute atomic E-state index is 0.274. The van der Waals surface area contributed by atoms with Crippen molar-refractivity contribution in [2.24, 2.45) is 5.92 Å². The van der Waals surface area contributed by atoms with Gasteiger partial charge in [-0.15, -0.1) is 0 Å². The van der Waals surface area contributed by atoms with Crippen molar-refractivity contribution in [3.8, 4) is 0 Å². The van der Waals surface area contributed by atoms with E-state index in [1.807, 2.05) is 0 Å². The predicted molar refractivity (Wildman–Crippen MR) is 73.6 cm³/mol. The molecule has 0 spiro atoms. The van der Waals surface area contributed by atoms with Gasteiger partial charge in [0.05, 0.1) is 0 Å². The maximum Gasteiger partial charge on any atom is 0.230 e. The number of rotatable bonds is 5. The fourth-order valence-corrected chi connectivity index (χ4v) is 2.14. The van der Waals surface area contributed by atoms with E-state index in [2.05, 4.69) is 40.6 Å². The lowest BCUT2D eigenvalue weighted by Gasteiger charge is -2.31. The van der Waals surface area contributed by atoms with Gasteiger partial charge in [-0.25, -0.2) is 0 Å². The first-order chi connectivity index (χ1) is 8.60. The normalized spacial score (nSPS) is 15.8. The van der Waals surface area contributed by atoms with Crippen molar-refractivity contribution >= 4 is 11.9 Å². The van der Waals surface area contributed by atoms with Crippen molar-refractivity contribution in [1.29, 1.82) is 0 Å². The van der Waals surface area contributed by atoms with E-state index in [-0.39, 0.29) is 5.92 Å². The van der Waals surface area contributed by atoms with Gasteiger partial charge in [0, 0.05) is 19.0 Å². The second-order valence-corrected chi connectivity index (χ2v) is 5.34. The Morgan fingerprint density at radius 3 is 2.50 bits per heavy atom. The van der Waals surface area contributed by atoms with E-state index in [0.717, 1.165) is 30.8 Å². The molecule has 5 heteroatoms. The largest absolute Gasteiger partial charge is 0.368 e. The molecule has 1 saturated carbocycles. The maximum absolute atomic E-state index is 5.78. The summed E-state index contributed by atoms with van der Waals surface area (Å²) in [6, 6.07) is 0. The molecule has 0 bridgehead atoms. The van der Waals surface area contributed by atoms with Crippen LogP contribution in [0.1, 0.15) is 51.8 Å². The molecule has 5 nitrogen and oxygen atoms in total. The minimum atomic E-state index is 0.274. The van der Waals surface area contributed by atoms with Gasteiger partial charge in [-0.05, 0) is 25.7 Å². The lowest BCUT2D eigenvalue weighted by molar-refractivity contribution is 0.317. The summed E-state index contributed by atoms with van der Waals surface area (Å²) in [5.74, 6) is 2.92. The number of hydrogen-bond acceptors (Lipinski definition) is 5. The number of anilines is 2. The van der Waals surface area contributed by atoms with Crippen LogP contribution >= 0.6 is 0 Å². The Morgan fingerprint density at radius 1 is 1.28 bits per heavy atom. The molecule has 18 heavy (non-hydrogen) atoms. The van der Waals surface area contributed by atoms with Crippen molar-refractivity contribution in [3.05, 3.63) is 5.82 Å². The molecule has 2 N–H and O–H groups in total. The van der Waals surface area contributed by atoms with Crippen molar-refractivity contribution < 1.29 is 0 Å². The predicted octanol–water partition coefficient (Wildman–Crippen LogP) is 2.20. The van der Waals surface area contributed by atoms with Gasteiger partial charge in [-0.1, -0.05) is 20.3 Å². The van der Waals surface area contributed by atoms with Crippen molar-refractivity contribution in [3.63, 3.8) is 0 Å². The summed E-state index contributed by atoms with van der Waals surface area (Å²) in [5.41, 5.74) is 5.78. The Kier molecular flexibility index (Phi) is 3.99. The molecular formula is C13H23N5. The molecule has 0 aliphatic heterocycles. The van der Waals surface area contributed by atoms with Crippen LogP contribution in [0.2, 0.25) is 0 Å². The van der Waals surface area contributed by atoms with Gasteiger partial charge in [-0.3, -0.25) is 0 Å². The molecule has 0 aromatic carbocycles. The molecule has 0 saturated heterocycles. The van der Waals surface area contributed by atoms with Crippen molar-refractivity contribution in [2.45, 2.75) is 46.0 Å². The van der Waals surface area contributed by atoms with Crippen LogP contribution in [0, 0.1) is 5.92 Å². The van der Waals surface area contributed by atoms with Gasteiger partial charge in [0.1, 0.15) is 5.82 Å². The molecule has 0 unspecified atom stereocenters. The van der Waals surface area contributed by atoms with Gasteiger partial charge < -0.3 is 10.6 Å².